The van der Waals surface area contributed by atoms with Gasteiger partial charge in [-0.15, -0.1) is 10.2 Å². The second-order valence-corrected chi connectivity index (χ2v) is 5.67. The fourth-order valence-electron chi connectivity index (χ4n) is 3.59. The van der Waals surface area contributed by atoms with Crippen molar-refractivity contribution in [3.05, 3.63) is 17.8 Å². The SMILES string of the molecule is O=C(O)C1C2CCC(C2)C1Nc1ccc(C(F)(F)F)nn1. The van der Waals surface area contributed by atoms with Crippen molar-refractivity contribution in [2.75, 3.05) is 5.32 Å². The molecule has 0 radical (unpaired) electrons. The Hall–Kier alpha value is -1.86. The van der Waals surface area contributed by atoms with Gasteiger partial charge in [0.1, 0.15) is 5.82 Å². The van der Waals surface area contributed by atoms with Gasteiger partial charge in [-0.2, -0.15) is 13.2 Å². The smallest absolute Gasteiger partial charge is 0.435 e. The van der Waals surface area contributed by atoms with Crippen LogP contribution in [-0.4, -0.2) is 27.3 Å². The molecule has 0 amide bonds. The molecule has 2 aliphatic rings. The first kappa shape index (κ1) is 14.1. The van der Waals surface area contributed by atoms with Gasteiger partial charge in [0.25, 0.3) is 0 Å². The van der Waals surface area contributed by atoms with Gasteiger partial charge in [-0.3, -0.25) is 4.79 Å². The van der Waals surface area contributed by atoms with Gasteiger partial charge in [0.15, 0.2) is 5.69 Å². The third-order valence-corrected chi connectivity index (χ3v) is 4.47. The van der Waals surface area contributed by atoms with Crippen LogP contribution in [-0.2, 0) is 11.0 Å². The fraction of sp³-hybridized carbons (Fsp3) is 0.615. The Morgan fingerprint density at radius 1 is 1.24 bits per heavy atom. The molecular weight excluding hydrogens is 287 g/mol. The van der Waals surface area contributed by atoms with Crippen LogP contribution >= 0.6 is 0 Å². The summed E-state index contributed by atoms with van der Waals surface area (Å²) in [6.45, 7) is 0. The van der Waals surface area contributed by atoms with Crippen molar-refractivity contribution in [3.63, 3.8) is 0 Å². The lowest BCUT2D eigenvalue weighted by molar-refractivity contribution is -0.144. The Labute approximate surface area is 118 Å². The van der Waals surface area contributed by atoms with Crippen LogP contribution in [0.4, 0.5) is 19.0 Å². The van der Waals surface area contributed by atoms with E-state index in [-0.39, 0.29) is 23.7 Å². The van der Waals surface area contributed by atoms with Gasteiger partial charge in [-0.05, 0) is 43.2 Å². The molecule has 4 unspecified atom stereocenters. The van der Waals surface area contributed by atoms with Gasteiger partial charge < -0.3 is 10.4 Å². The van der Waals surface area contributed by atoms with Crippen molar-refractivity contribution < 1.29 is 23.1 Å². The number of anilines is 1. The van der Waals surface area contributed by atoms with Crippen molar-refractivity contribution in [3.8, 4) is 0 Å². The predicted molar refractivity (Wildman–Crippen MR) is 66.4 cm³/mol. The van der Waals surface area contributed by atoms with Crippen LogP contribution in [0.1, 0.15) is 25.0 Å². The van der Waals surface area contributed by atoms with Crippen molar-refractivity contribution in [1.82, 2.24) is 10.2 Å². The van der Waals surface area contributed by atoms with Crippen LogP contribution in [0.3, 0.4) is 0 Å². The summed E-state index contributed by atoms with van der Waals surface area (Å²) in [5.74, 6) is -0.799. The molecule has 114 valence electrons. The molecule has 5 nitrogen and oxygen atoms in total. The molecular formula is C13H14F3N3O2. The molecule has 0 spiro atoms. The van der Waals surface area contributed by atoms with Gasteiger partial charge in [0.2, 0.25) is 0 Å². The van der Waals surface area contributed by atoms with Crippen LogP contribution in [0.15, 0.2) is 12.1 Å². The molecule has 21 heavy (non-hydrogen) atoms. The van der Waals surface area contributed by atoms with E-state index in [1.165, 1.54) is 6.07 Å². The highest BCUT2D eigenvalue weighted by atomic mass is 19.4. The van der Waals surface area contributed by atoms with E-state index in [2.05, 4.69) is 15.5 Å². The molecule has 2 bridgehead atoms. The number of nitrogens with one attached hydrogen (secondary N) is 1. The van der Waals surface area contributed by atoms with E-state index >= 15 is 0 Å². The lowest BCUT2D eigenvalue weighted by Gasteiger charge is -2.29. The number of aliphatic carboxylic acids is 1. The number of aromatic nitrogens is 2. The van der Waals surface area contributed by atoms with Gasteiger partial charge in [-0.1, -0.05) is 0 Å². The Morgan fingerprint density at radius 3 is 2.52 bits per heavy atom. The Kier molecular flexibility index (Phi) is 3.26. The molecule has 1 aromatic heterocycles. The topological polar surface area (TPSA) is 75.1 Å². The van der Waals surface area contributed by atoms with E-state index in [0.29, 0.717) is 0 Å². The third-order valence-electron chi connectivity index (χ3n) is 4.47. The van der Waals surface area contributed by atoms with Crippen molar-refractivity contribution >= 4 is 11.8 Å². The number of fused-ring (bicyclic) bond motifs is 2. The summed E-state index contributed by atoms with van der Waals surface area (Å²) in [4.78, 5) is 11.4. The van der Waals surface area contributed by atoms with E-state index in [0.717, 1.165) is 25.3 Å². The molecule has 4 atom stereocenters. The van der Waals surface area contributed by atoms with E-state index in [1.54, 1.807) is 0 Å². The molecule has 0 saturated heterocycles. The number of alkyl halides is 3. The van der Waals surface area contributed by atoms with Crippen LogP contribution < -0.4 is 5.32 Å². The number of hydrogen-bond acceptors (Lipinski definition) is 4. The average Bonchev–Trinajstić information content (AvgIpc) is 2.98. The monoisotopic (exact) mass is 301 g/mol. The fourth-order valence-corrected chi connectivity index (χ4v) is 3.59. The molecule has 0 aliphatic heterocycles. The van der Waals surface area contributed by atoms with Crippen LogP contribution in [0, 0.1) is 17.8 Å². The minimum atomic E-state index is -4.53. The zero-order chi connectivity index (χ0) is 15.2. The number of hydrogen-bond donors (Lipinski definition) is 2. The summed E-state index contributed by atoms with van der Waals surface area (Å²) in [6, 6.07) is 1.76. The maximum Gasteiger partial charge on any atom is 0.435 e. The van der Waals surface area contributed by atoms with E-state index < -0.39 is 23.8 Å². The zero-order valence-electron chi connectivity index (χ0n) is 11.0. The van der Waals surface area contributed by atoms with Crippen molar-refractivity contribution in [2.45, 2.75) is 31.5 Å². The molecule has 3 rings (SSSR count). The summed E-state index contributed by atoms with van der Waals surface area (Å²) in [5, 5.41) is 18.9. The van der Waals surface area contributed by atoms with Crippen LogP contribution in [0.5, 0.6) is 0 Å². The van der Waals surface area contributed by atoms with Crippen molar-refractivity contribution in [2.24, 2.45) is 17.8 Å². The number of carboxylic acid groups (broad SMARTS) is 1. The number of rotatable bonds is 3. The normalized spacial score (nSPS) is 31.4. The van der Waals surface area contributed by atoms with Crippen molar-refractivity contribution in [1.29, 1.82) is 0 Å². The highest BCUT2D eigenvalue weighted by Crippen LogP contribution is 2.49. The molecule has 1 heterocycles. The average molecular weight is 301 g/mol. The van der Waals surface area contributed by atoms with Gasteiger partial charge >= 0.3 is 12.1 Å². The highest BCUT2D eigenvalue weighted by molar-refractivity contribution is 5.73. The standard InChI is InChI=1S/C13H14F3N3O2/c14-13(15,16)8-3-4-9(19-18-8)17-11-7-2-1-6(5-7)10(11)12(20)21/h3-4,6-7,10-11H,1-2,5H2,(H,17,19)(H,20,21). The maximum absolute atomic E-state index is 12.4. The van der Waals surface area contributed by atoms with Crippen LogP contribution in [0.25, 0.3) is 0 Å². The maximum atomic E-state index is 12.4. The van der Waals surface area contributed by atoms with Gasteiger partial charge in [0.05, 0.1) is 5.92 Å². The first-order valence-corrected chi connectivity index (χ1v) is 6.76. The number of nitrogens with zero attached hydrogens (tertiary/aromatic N) is 2. The van der Waals surface area contributed by atoms with E-state index in [4.69, 9.17) is 0 Å². The van der Waals surface area contributed by atoms with E-state index in [9.17, 15) is 23.1 Å². The summed E-state index contributed by atoms with van der Waals surface area (Å²) in [7, 11) is 0. The third kappa shape index (κ3) is 2.54. The molecule has 2 fully saturated rings. The summed E-state index contributed by atoms with van der Waals surface area (Å²) < 4.78 is 37.2. The highest BCUT2D eigenvalue weighted by Gasteiger charge is 2.51. The number of carbonyl (C=O) groups is 1. The minimum absolute atomic E-state index is 0.146. The first-order chi connectivity index (χ1) is 9.86. The molecule has 2 aliphatic carbocycles. The lowest BCUT2D eigenvalue weighted by Crippen LogP contribution is -2.39. The minimum Gasteiger partial charge on any atom is -0.481 e. The predicted octanol–water partition coefficient (Wildman–Crippen LogP) is 2.41. The largest absolute Gasteiger partial charge is 0.481 e. The summed E-state index contributed by atoms with van der Waals surface area (Å²) in [5.41, 5.74) is -1.06. The Morgan fingerprint density at radius 2 is 1.95 bits per heavy atom. The zero-order valence-corrected chi connectivity index (χ0v) is 11.0. The lowest BCUT2D eigenvalue weighted by atomic mass is 9.84. The molecule has 8 heteroatoms. The van der Waals surface area contributed by atoms with Gasteiger partial charge in [0, 0.05) is 6.04 Å². The van der Waals surface area contributed by atoms with E-state index in [1.807, 2.05) is 0 Å². The molecule has 0 aromatic carbocycles. The molecule has 2 N–H and O–H groups in total. The summed E-state index contributed by atoms with van der Waals surface area (Å²) >= 11 is 0. The first-order valence-electron chi connectivity index (χ1n) is 6.76. The second-order valence-electron chi connectivity index (χ2n) is 5.67. The second kappa shape index (κ2) is 4.85. The summed E-state index contributed by atoms with van der Waals surface area (Å²) in [6.07, 6.45) is -1.83. The molecule has 2 saturated carbocycles. The quantitative estimate of drug-likeness (QED) is 0.896. The Balaban J connectivity index is 1.75. The Bertz CT molecular complexity index is 547. The van der Waals surface area contributed by atoms with Crippen LogP contribution in [0.2, 0.25) is 0 Å². The van der Waals surface area contributed by atoms with Gasteiger partial charge in [-0.25, -0.2) is 0 Å². The molecule has 1 aromatic rings. The number of halogens is 3. The number of carboxylic acids is 1.